The van der Waals surface area contributed by atoms with Crippen LogP contribution in [-0.4, -0.2) is 28.9 Å². The van der Waals surface area contributed by atoms with E-state index in [4.69, 9.17) is 5.73 Å². The number of non-ortho nitro benzene ring substituents is 1. The van der Waals surface area contributed by atoms with Crippen LogP contribution < -0.4 is 11.1 Å². The lowest BCUT2D eigenvalue weighted by molar-refractivity contribution is -0.385. The Morgan fingerprint density at radius 2 is 2.26 bits per heavy atom. The Labute approximate surface area is 113 Å². The van der Waals surface area contributed by atoms with Crippen LogP contribution in [0, 0.1) is 15.9 Å². The fourth-order valence-corrected chi connectivity index (χ4v) is 1.85. The Morgan fingerprint density at radius 1 is 1.58 bits per heavy atom. The molecule has 19 heavy (non-hydrogen) atoms. The lowest BCUT2D eigenvalue weighted by atomic mass is 10.2. The number of nitrogens with zero attached hydrogens (tertiary/aromatic N) is 1. The molecule has 6 nitrogen and oxygen atoms in total. The van der Waals surface area contributed by atoms with Crippen LogP contribution in [0.1, 0.15) is 6.42 Å². The summed E-state index contributed by atoms with van der Waals surface area (Å²) in [6, 6.07) is 2.15. The third-order valence-corrected chi connectivity index (χ3v) is 2.97. The highest BCUT2D eigenvalue weighted by Gasteiger charge is 2.16. The Morgan fingerprint density at radius 3 is 2.84 bits per heavy atom. The zero-order valence-electron chi connectivity index (χ0n) is 10.3. The Balaban J connectivity index is 2.76. The van der Waals surface area contributed by atoms with Crippen molar-refractivity contribution in [2.75, 3.05) is 17.3 Å². The number of hydrogen-bond acceptors (Lipinski definition) is 5. The summed E-state index contributed by atoms with van der Waals surface area (Å²) in [6.07, 6.45) is 2.37. The third-order valence-electron chi connectivity index (χ3n) is 2.33. The molecule has 0 spiro atoms. The van der Waals surface area contributed by atoms with E-state index in [1.807, 2.05) is 6.26 Å². The summed E-state index contributed by atoms with van der Waals surface area (Å²) < 4.78 is 13.2. The number of rotatable bonds is 6. The van der Waals surface area contributed by atoms with E-state index in [2.05, 4.69) is 5.32 Å². The molecule has 3 N–H and O–H groups in total. The molecule has 0 aromatic heterocycles. The summed E-state index contributed by atoms with van der Waals surface area (Å²) in [5.74, 6) is -0.561. The summed E-state index contributed by atoms with van der Waals surface area (Å²) >= 11 is 1.55. The van der Waals surface area contributed by atoms with Crippen LogP contribution >= 0.6 is 11.8 Å². The molecular weight excluding hydrogens is 273 g/mol. The highest BCUT2D eigenvalue weighted by molar-refractivity contribution is 7.98. The first kappa shape index (κ1) is 15.4. The van der Waals surface area contributed by atoms with Crippen molar-refractivity contribution < 1.29 is 14.1 Å². The number of halogens is 1. The van der Waals surface area contributed by atoms with Gasteiger partial charge < -0.3 is 11.1 Å². The van der Waals surface area contributed by atoms with Crippen molar-refractivity contribution in [3.63, 3.8) is 0 Å². The average Bonchev–Trinajstić information content (AvgIpc) is 2.34. The summed E-state index contributed by atoms with van der Waals surface area (Å²) in [5.41, 5.74) is 5.24. The predicted octanol–water partition coefficient (Wildman–Crippen LogP) is 1.75. The van der Waals surface area contributed by atoms with E-state index in [9.17, 15) is 19.3 Å². The first-order valence-corrected chi connectivity index (χ1v) is 6.83. The third kappa shape index (κ3) is 4.84. The van der Waals surface area contributed by atoms with Crippen molar-refractivity contribution in [3.05, 3.63) is 34.1 Å². The van der Waals surface area contributed by atoms with E-state index < -0.39 is 28.4 Å². The first-order chi connectivity index (χ1) is 8.93. The molecule has 0 heterocycles. The maximum Gasteiger partial charge on any atom is 0.274 e. The minimum atomic E-state index is -0.790. The summed E-state index contributed by atoms with van der Waals surface area (Å²) in [7, 11) is 0. The second-order valence-corrected chi connectivity index (χ2v) is 4.82. The molecule has 1 atom stereocenters. The molecule has 1 aromatic rings. The number of amides is 1. The molecule has 104 valence electrons. The van der Waals surface area contributed by atoms with E-state index >= 15 is 0 Å². The fraction of sp³-hybridized carbons (Fsp3) is 0.364. The molecular formula is C11H14FN3O3S. The van der Waals surface area contributed by atoms with Crippen LogP contribution in [0.25, 0.3) is 0 Å². The molecule has 0 aliphatic carbocycles. The smallest absolute Gasteiger partial charge is 0.274 e. The summed E-state index contributed by atoms with van der Waals surface area (Å²) in [6.45, 7) is 0. The molecule has 0 aliphatic rings. The van der Waals surface area contributed by atoms with Gasteiger partial charge in [-0.3, -0.25) is 14.9 Å². The quantitative estimate of drug-likeness (QED) is 0.613. The molecule has 1 aromatic carbocycles. The molecule has 0 saturated carbocycles. The second kappa shape index (κ2) is 7.05. The van der Waals surface area contributed by atoms with E-state index in [0.29, 0.717) is 6.42 Å². The predicted molar refractivity (Wildman–Crippen MR) is 72.7 cm³/mol. The number of nitrogens with two attached hydrogens (primary N) is 1. The van der Waals surface area contributed by atoms with Gasteiger partial charge in [0.25, 0.3) is 5.69 Å². The maximum atomic E-state index is 13.2. The van der Waals surface area contributed by atoms with Gasteiger partial charge in [0.1, 0.15) is 5.82 Å². The Hall–Kier alpha value is -1.67. The Kier molecular flexibility index (Phi) is 5.71. The van der Waals surface area contributed by atoms with Crippen molar-refractivity contribution in [3.8, 4) is 0 Å². The number of benzene rings is 1. The zero-order chi connectivity index (χ0) is 14.4. The number of thioether (sulfide) groups is 1. The maximum absolute atomic E-state index is 13.2. The van der Waals surface area contributed by atoms with Crippen LogP contribution in [0.4, 0.5) is 15.8 Å². The highest BCUT2D eigenvalue weighted by Crippen LogP contribution is 2.20. The van der Waals surface area contributed by atoms with Gasteiger partial charge in [-0.25, -0.2) is 4.39 Å². The van der Waals surface area contributed by atoms with Crippen LogP contribution in [0.15, 0.2) is 18.2 Å². The van der Waals surface area contributed by atoms with Crippen molar-refractivity contribution >= 4 is 29.0 Å². The lowest BCUT2D eigenvalue weighted by Gasteiger charge is -2.11. The molecule has 0 unspecified atom stereocenters. The summed E-state index contributed by atoms with van der Waals surface area (Å²) in [5, 5.41) is 12.9. The minimum Gasteiger partial charge on any atom is -0.324 e. The number of nitrogens with one attached hydrogen (secondary N) is 1. The summed E-state index contributed by atoms with van der Waals surface area (Å²) in [4.78, 5) is 21.5. The van der Waals surface area contributed by atoms with Crippen molar-refractivity contribution in [2.45, 2.75) is 12.5 Å². The fourth-order valence-electron chi connectivity index (χ4n) is 1.36. The molecule has 0 fully saturated rings. The monoisotopic (exact) mass is 287 g/mol. The van der Waals surface area contributed by atoms with E-state index in [-0.39, 0.29) is 5.69 Å². The molecule has 0 aliphatic heterocycles. The SMILES string of the molecule is CSCC[C@H](N)C(=O)Nc1cc(F)cc([N+](=O)[O-])c1. The lowest BCUT2D eigenvalue weighted by Crippen LogP contribution is -2.36. The van der Waals surface area contributed by atoms with Gasteiger partial charge in [-0.15, -0.1) is 0 Å². The largest absolute Gasteiger partial charge is 0.324 e. The van der Waals surface area contributed by atoms with Gasteiger partial charge in [0, 0.05) is 6.07 Å². The van der Waals surface area contributed by atoms with Gasteiger partial charge in [-0.1, -0.05) is 0 Å². The van der Waals surface area contributed by atoms with Gasteiger partial charge in [-0.05, 0) is 24.5 Å². The Bertz CT molecular complexity index is 484. The van der Waals surface area contributed by atoms with Crippen LogP contribution in [-0.2, 0) is 4.79 Å². The van der Waals surface area contributed by atoms with Gasteiger partial charge in [0.05, 0.1) is 22.7 Å². The van der Waals surface area contributed by atoms with Crippen LogP contribution in [0.5, 0.6) is 0 Å². The van der Waals surface area contributed by atoms with Gasteiger partial charge >= 0.3 is 0 Å². The molecule has 8 heteroatoms. The normalized spacial score (nSPS) is 11.9. The molecule has 1 amide bonds. The number of nitro groups is 1. The van der Waals surface area contributed by atoms with Crippen molar-refractivity contribution in [1.29, 1.82) is 0 Å². The van der Waals surface area contributed by atoms with E-state index in [0.717, 1.165) is 24.0 Å². The molecule has 0 saturated heterocycles. The number of carbonyl (C=O) groups excluding carboxylic acids is 1. The first-order valence-electron chi connectivity index (χ1n) is 5.44. The topological polar surface area (TPSA) is 98.3 Å². The molecule has 0 radical (unpaired) electrons. The van der Waals surface area contributed by atoms with E-state index in [1.54, 1.807) is 11.8 Å². The minimum absolute atomic E-state index is 0.0244. The van der Waals surface area contributed by atoms with Crippen molar-refractivity contribution in [2.24, 2.45) is 5.73 Å². The van der Waals surface area contributed by atoms with Crippen molar-refractivity contribution in [1.82, 2.24) is 0 Å². The number of carbonyl (C=O) groups is 1. The number of hydrogen-bond donors (Lipinski definition) is 2. The number of nitro benzene ring substituents is 1. The van der Waals surface area contributed by atoms with Crippen LogP contribution in [0.2, 0.25) is 0 Å². The average molecular weight is 287 g/mol. The van der Waals surface area contributed by atoms with Gasteiger partial charge in [0.15, 0.2) is 0 Å². The molecule has 0 bridgehead atoms. The zero-order valence-corrected chi connectivity index (χ0v) is 11.1. The standard InChI is InChI=1S/C11H14FN3O3S/c1-19-3-2-10(13)11(16)14-8-4-7(12)5-9(6-8)15(17)18/h4-6,10H,2-3,13H2,1H3,(H,14,16)/t10-/m0/s1. The van der Waals surface area contributed by atoms with Gasteiger partial charge in [-0.2, -0.15) is 11.8 Å². The second-order valence-electron chi connectivity index (χ2n) is 3.83. The van der Waals surface area contributed by atoms with Crippen LogP contribution in [0.3, 0.4) is 0 Å². The molecule has 1 rings (SSSR count). The highest BCUT2D eigenvalue weighted by atomic mass is 32.2. The van der Waals surface area contributed by atoms with E-state index in [1.165, 1.54) is 0 Å². The van der Waals surface area contributed by atoms with Gasteiger partial charge in [0.2, 0.25) is 5.91 Å². The number of anilines is 1.